The summed E-state index contributed by atoms with van der Waals surface area (Å²) in [6, 6.07) is 16.0. The van der Waals surface area contributed by atoms with Gasteiger partial charge < -0.3 is 10.6 Å². The van der Waals surface area contributed by atoms with E-state index in [4.69, 9.17) is 0 Å². The van der Waals surface area contributed by atoms with E-state index in [9.17, 15) is 4.79 Å². The molecule has 1 saturated heterocycles. The van der Waals surface area contributed by atoms with Crippen LogP contribution in [0.15, 0.2) is 54.9 Å². The maximum Gasteiger partial charge on any atom is 0.224 e. The summed E-state index contributed by atoms with van der Waals surface area (Å²) in [4.78, 5) is 16.6. The third-order valence-corrected chi connectivity index (χ3v) is 5.12. The first-order valence-corrected chi connectivity index (χ1v) is 9.33. The Morgan fingerprint density at radius 2 is 1.88 bits per heavy atom. The number of fused-ring (bicyclic) bond motifs is 1. The predicted octanol–water partition coefficient (Wildman–Crippen LogP) is 3.74. The van der Waals surface area contributed by atoms with Crippen LogP contribution in [0, 0.1) is 5.92 Å². The van der Waals surface area contributed by atoms with E-state index in [-0.39, 0.29) is 5.91 Å². The Morgan fingerprint density at radius 1 is 1.12 bits per heavy atom. The topological polar surface area (TPSA) is 59.0 Å². The first kappa shape index (κ1) is 16.8. The number of benzene rings is 2. The number of hydrogen-bond donors (Lipinski definition) is 2. The zero-order chi connectivity index (χ0) is 17.8. The number of anilines is 1. The van der Waals surface area contributed by atoms with Gasteiger partial charge in [-0.3, -0.25) is 9.36 Å². The van der Waals surface area contributed by atoms with Crippen molar-refractivity contribution in [2.45, 2.75) is 25.7 Å². The van der Waals surface area contributed by atoms with Crippen molar-refractivity contribution in [3.8, 4) is 5.69 Å². The van der Waals surface area contributed by atoms with Crippen LogP contribution >= 0.6 is 0 Å². The summed E-state index contributed by atoms with van der Waals surface area (Å²) >= 11 is 0. The molecule has 4 rings (SSSR count). The summed E-state index contributed by atoms with van der Waals surface area (Å²) < 4.78 is 2.05. The van der Waals surface area contributed by atoms with E-state index in [1.165, 1.54) is 12.8 Å². The number of piperidine rings is 1. The lowest BCUT2D eigenvalue weighted by Crippen LogP contribution is -2.28. The SMILES string of the molecule is O=C(CCC1CCNCC1)Nc1ccc(-n2cnc3ccccc32)cc1. The van der Waals surface area contributed by atoms with Gasteiger partial charge in [0.25, 0.3) is 0 Å². The van der Waals surface area contributed by atoms with Gasteiger partial charge >= 0.3 is 0 Å². The average molecular weight is 348 g/mol. The molecule has 5 heteroatoms. The fraction of sp³-hybridized carbons (Fsp3) is 0.333. The molecule has 134 valence electrons. The number of carbonyl (C=O) groups excluding carboxylic acids is 1. The number of para-hydroxylation sites is 2. The number of nitrogens with zero attached hydrogens (tertiary/aromatic N) is 2. The molecule has 2 N–H and O–H groups in total. The van der Waals surface area contributed by atoms with Crippen LogP contribution in [0.3, 0.4) is 0 Å². The normalized spacial score (nSPS) is 15.2. The van der Waals surface area contributed by atoms with Crippen molar-refractivity contribution in [1.82, 2.24) is 14.9 Å². The minimum atomic E-state index is 0.101. The monoisotopic (exact) mass is 348 g/mol. The largest absolute Gasteiger partial charge is 0.326 e. The Hall–Kier alpha value is -2.66. The van der Waals surface area contributed by atoms with Gasteiger partial charge in [0, 0.05) is 17.8 Å². The molecule has 0 saturated carbocycles. The molecular formula is C21H24N4O. The molecule has 0 atom stereocenters. The van der Waals surface area contributed by atoms with Crippen molar-refractivity contribution < 1.29 is 4.79 Å². The van der Waals surface area contributed by atoms with Gasteiger partial charge in [-0.05, 0) is 74.7 Å². The van der Waals surface area contributed by atoms with Gasteiger partial charge in [0.1, 0.15) is 6.33 Å². The molecule has 26 heavy (non-hydrogen) atoms. The maximum atomic E-state index is 12.2. The highest BCUT2D eigenvalue weighted by Crippen LogP contribution is 2.21. The van der Waals surface area contributed by atoms with Crippen molar-refractivity contribution in [1.29, 1.82) is 0 Å². The molecule has 1 aliphatic rings. The Labute approximate surface area is 153 Å². The molecule has 1 aromatic heterocycles. The Balaban J connectivity index is 1.37. The Bertz CT molecular complexity index is 878. The molecule has 1 amide bonds. The molecule has 0 radical (unpaired) electrons. The first-order valence-electron chi connectivity index (χ1n) is 9.33. The number of nitrogens with one attached hydrogen (secondary N) is 2. The lowest BCUT2D eigenvalue weighted by Gasteiger charge is -2.22. The predicted molar refractivity (Wildman–Crippen MR) is 105 cm³/mol. The number of amides is 1. The zero-order valence-corrected chi connectivity index (χ0v) is 14.8. The van der Waals surface area contributed by atoms with Crippen molar-refractivity contribution in [2.24, 2.45) is 5.92 Å². The number of carbonyl (C=O) groups is 1. The molecule has 2 aromatic carbocycles. The quantitative estimate of drug-likeness (QED) is 0.738. The van der Waals surface area contributed by atoms with E-state index in [2.05, 4.69) is 26.3 Å². The maximum absolute atomic E-state index is 12.2. The molecule has 0 aliphatic carbocycles. The summed E-state index contributed by atoms with van der Waals surface area (Å²) in [5.41, 5.74) is 3.92. The van der Waals surface area contributed by atoms with Crippen LogP contribution in [0.25, 0.3) is 16.7 Å². The summed E-state index contributed by atoms with van der Waals surface area (Å²) in [5, 5.41) is 6.37. The Kier molecular flexibility index (Phi) is 4.97. The van der Waals surface area contributed by atoms with Gasteiger partial charge in [-0.2, -0.15) is 0 Å². The molecule has 3 aromatic rings. The summed E-state index contributed by atoms with van der Waals surface area (Å²) in [6.07, 6.45) is 5.77. The van der Waals surface area contributed by atoms with E-state index in [0.717, 1.165) is 41.9 Å². The molecule has 1 aliphatic heterocycles. The van der Waals surface area contributed by atoms with Crippen LogP contribution in [-0.2, 0) is 4.79 Å². The minimum absolute atomic E-state index is 0.101. The van der Waals surface area contributed by atoms with Crippen molar-refractivity contribution in [3.05, 3.63) is 54.9 Å². The second-order valence-electron chi connectivity index (χ2n) is 6.93. The number of hydrogen-bond acceptors (Lipinski definition) is 3. The molecular weight excluding hydrogens is 324 g/mol. The number of aromatic nitrogens is 2. The molecule has 0 bridgehead atoms. The van der Waals surface area contributed by atoms with Gasteiger partial charge in [-0.1, -0.05) is 12.1 Å². The summed E-state index contributed by atoms with van der Waals surface area (Å²) in [7, 11) is 0. The second kappa shape index (κ2) is 7.70. The molecule has 0 unspecified atom stereocenters. The van der Waals surface area contributed by atoms with Crippen molar-refractivity contribution in [2.75, 3.05) is 18.4 Å². The van der Waals surface area contributed by atoms with Crippen LogP contribution in [0.2, 0.25) is 0 Å². The first-order chi connectivity index (χ1) is 12.8. The van der Waals surface area contributed by atoms with Gasteiger partial charge in [0.2, 0.25) is 5.91 Å². The van der Waals surface area contributed by atoms with Crippen molar-refractivity contribution >= 4 is 22.6 Å². The van der Waals surface area contributed by atoms with Crippen molar-refractivity contribution in [3.63, 3.8) is 0 Å². The van der Waals surface area contributed by atoms with Crippen LogP contribution in [-0.4, -0.2) is 28.5 Å². The molecule has 2 heterocycles. The Morgan fingerprint density at radius 3 is 2.69 bits per heavy atom. The number of imidazole rings is 1. The molecule has 5 nitrogen and oxygen atoms in total. The fourth-order valence-electron chi connectivity index (χ4n) is 3.60. The van der Waals surface area contributed by atoms with Crippen LogP contribution in [0.5, 0.6) is 0 Å². The highest BCUT2D eigenvalue weighted by atomic mass is 16.1. The standard InChI is InChI=1S/C21H24N4O/c26-21(10-5-16-11-13-22-14-12-16)24-17-6-8-18(9-7-17)25-15-23-19-3-1-2-4-20(19)25/h1-4,6-9,15-16,22H,5,10-14H2,(H,24,26). The minimum Gasteiger partial charge on any atom is -0.326 e. The smallest absolute Gasteiger partial charge is 0.224 e. The highest BCUT2D eigenvalue weighted by molar-refractivity contribution is 5.90. The van der Waals surface area contributed by atoms with E-state index in [1.807, 2.05) is 48.8 Å². The lowest BCUT2D eigenvalue weighted by molar-refractivity contribution is -0.116. The highest BCUT2D eigenvalue weighted by Gasteiger charge is 2.14. The van der Waals surface area contributed by atoms with Gasteiger partial charge in [-0.25, -0.2) is 4.98 Å². The third-order valence-electron chi connectivity index (χ3n) is 5.12. The van der Waals surface area contributed by atoms with Gasteiger partial charge in [-0.15, -0.1) is 0 Å². The lowest BCUT2D eigenvalue weighted by atomic mass is 9.93. The van der Waals surface area contributed by atoms with E-state index in [1.54, 1.807) is 0 Å². The van der Waals surface area contributed by atoms with E-state index in [0.29, 0.717) is 12.3 Å². The van der Waals surface area contributed by atoms with E-state index >= 15 is 0 Å². The second-order valence-corrected chi connectivity index (χ2v) is 6.93. The molecule has 1 fully saturated rings. The third kappa shape index (κ3) is 3.78. The zero-order valence-electron chi connectivity index (χ0n) is 14.8. The fourth-order valence-corrected chi connectivity index (χ4v) is 3.60. The number of rotatable bonds is 5. The van der Waals surface area contributed by atoms with Crippen LogP contribution in [0.4, 0.5) is 5.69 Å². The van der Waals surface area contributed by atoms with E-state index < -0.39 is 0 Å². The summed E-state index contributed by atoms with van der Waals surface area (Å²) in [6.45, 7) is 2.16. The average Bonchev–Trinajstić information content (AvgIpc) is 3.12. The van der Waals surface area contributed by atoms with Gasteiger partial charge in [0.15, 0.2) is 0 Å². The van der Waals surface area contributed by atoms with Crippen LogP contribution in [0.1, 0.15) is 25.7 Å². The summed E-state index contributed by atoms with van der Waals surface area (Å²) in [5.74, 6) is 0.781. The van der Waals surface area contributed by atoms with Crippen LogP contribution < -0.4 is 10.6 Å². The van der Waals surface area contributed by atoms with Gasteiger partial charge in [0.05, 0.1) is 11.0 Å². The molecule has 0 spiro atoms.